The first-order chi connectivity index (χ1) is 11.6. The fourth-order valence-corrected chi connectivity index (χ4v) is 2.18. The summed E-state index contributed by atoms with van der Waals surface area (Å²) < 4.78 is 11.4. The van der Waals surface area contributed by atoms with E-state index in [0.717, 1.165) is 10.0 Å². The molecule has 0 aliphatic carbocycles. The standard InChI is InChI=1S/C18H18BrNO4/c1-2-23-16-9-5-14(6-10-16)18(22)20-11-17(21)24-12-13-3-7-15(19)8-4-13/h3-10H,2,11-12H2,1H3,(H,20,22). The van der Waals surface area contributed by atoms with Crippen molar-refractivity contribution in [3.8, 4) is 5.75 Å². The van der Waals surface area contributed by atoms with E-state index in [1.165, 1.54) is 0 Å². The summed E-state index contributed by atoms with van der Waals surface area (Å²) in [6, 6.07) is 14.2. The average Bonchev–Trinajstić information content (AvgIpc) is 2.60. The van der Waals surface area contributed by atoms with Crippen LogP contribution in [0.3, 0.4) is 0 Å². The monoisotopic (exact) mass is 391 g/mol. The Bertz CT molecular complexity index is 683. The topological polar surface area (TPSA) is 64.6 Å². The van der Waals surface area contributed by atoms with E-state index in [2.05, 4.69) is 21.2 Å². The molecule has 0 spiro atoms. The van der Waals surface area contributed by atoms with E-state index >= 15 is 0 Å². The van der Waals surface area contributed by atoms with Gasteiger partial charge in [0, 0.05) is 10.0 Å². The van der Waals surface area contributed by atoms with Crippen molar-refractivity contribution in [3.63, 3.8) is 0 Å². The maximum Gasteiger partial charge on any atom is 0.325 e. The summed E-state index contributed by atoms with van der Waals surface area (Å²) in [6.07, 6.45) is 0. The summed E-state index contributed by atoms with van der Waals surface area (Å²) in [4.78, 5) is 23.7. The highest BCUT2D eigenvalue weighted by Crippen LogP contribution is 2.12. The summed E-state index contributed by atoms with van der Waals surface area (Å²) in [7, 11) is 0. The number of benzene rings is 2. The summed E-state index contributed by atoms with van der Waals surface area (Å²) in [5.41, 5.74) is 1.34. The van der Waals surface area contributed by atoms with E-state index < -0.39 is 5.97 Å². The second kappa shape index (κ2) is 9.08. The predicted molar refractivity (Wildman–Crippen MR) is 93.9 cm³/mol. The minimum absolute atomic E-state index is 0.172. The maximum absolute atomic E-state index is 12.0. The first kappa shape index (κ1) is 18.0. The number of esters is 1. The molecule has 2 aromatic rings. The van der Waals surface area contributed by atoms with Crippen molar-refractivity contribution in [2.24, 2.45) is 0 Å². The largest absolute Gasteiger partial charge is 0.494 e. The first-order valence-corrected chi connectivity index (χ1v) is 8.29. The van der Waals surface area contributed by atoms with Crippen molar-refractivity contribution in [1.29, 1.82) is 0 Å². The Kier molecular flexibility index (Phi) is 6.81. The van der Waals surface area contributed by atoms with Crippen LogP contribution in [0.1, 0.15) is 22.8 Å². The van der Waals surface area contributed by atoms with E-state index in [9.17, 15) is 9.59 Å². The molecule has 0 bridgehead atoms. The fraction of sp³-hybridized carbons (Fsp3) is 0.222. The fourth-order valence-electron chi connectivity index (χ4n) is 1.92. The molecule has 0 radical (unpaired) electrons. The molecule has 1 N–H and O–H groups in total. The lowest BCUT2D eigenvalue weighted by atomic mass is 10.2. The van der Waals surface area contributed by atoms with Crippen LogP contribution in [0.15, 0.2) is 53.0 Å². The van der Waals surface area contributed by atoms with Crippen LogP contribution in [0, 0.1) is 0 Å². The molecular weight excluding hydrogens is 374 g/mol. The molecule has 0 aromatic heterocycles. The summed E-state index contributed by atoms with van der Waals surface area (Å²) in [6.45, 7) is 2.45. The highest BCUT2D eigenvalue weighted by molar-refractivity contribution is 9.10. The summed E-state index contributed by atoms with van der Waals surface area (Å²) in [5.74, 6) is -0.126. The SMILES string of the molecule is CCOc1ccc(C(=O)NCC(=O)OCc2ccc(Br)cc2)cc1. The Hall–Kier alpha value is -2.34. The number of carbonyl (C=O) groups excluding carboxylic acids is 2. The molecule has 0 heterocycles. The molecule has 24 heavy (non-hydrogen) atoms. The number of carbonyl (C=O) groups is 2. The van der Waals surface area contributed by atoms with Crippen molar-refractivity contribution >= 4 is 27.8 Å². The second-order valence-electron chi connectivity index (χ2n) is 4.93. The van der Waals surface area contributed by atoms with Gasteiger partial charge in [-0.3, -0.25) is 9.59 Å². The molecule has 126 valence electrons. The van der Waals surface area contributed by atoms with Gasteiger partial charge in [-0.05, 0) is 48.9 Å². The molecule has 6 heteroatoms. The Morgan fingerprint density at radius 3 is 2.33 bits per heavy atom. The molecule has 0 aliphatic rings. The number of hydrogen-bond donors (Lipinski definition) is 1. The highest BCUT2D eigenvalue weighted by atomic mass is 79.9. The van der Waals surface area contributed by atoms with Gasteiger partial charge < -0.3 is 14.8 Å². The Morgan fingerprint density at radius 1 is 1.04 bits per heavy atom. The van der Waals surface area contributed by atoms with Crippen molar-refractivity contribution in [2.45, 2.75) is 13.5 Å². The first-order valence-electron chi connectivity index (χ1n) is 7.49. The van der Waals surface area contributed by atoms with Gasteiger partial charge in [-0.1, -0.05) is 28.1 Å². The molecule has 2 aromatic carbocycles. The van der Waals surface area contributed by atoms with Gasteiger partial charge in [0.05, 0.1) is 6.61 Å². The lowest BCUT2D eigenvalue weighted by Crippen LogP contribution is -2.30. The van der Waals surface area contributed by atoms with E-state index in [0.29, 0.717) is 17.9 Å². The molecule has 1 amide bonds. The molecule has 0 saturated carbocycles. The molecule has 0 aliphatic heterocycles. The molecule has 0 fully saturated rings. The van der Waals surface area contributed by atoms with Gasteiger partial charge in [-0.2, -0.15) is 0 Å². The van der Waals surface area contributed by atoms with E-state index in [1.807, 2.05) is 31.2 Å². The number of hydrogen-bond acceptors (Lipinski definition) is 4. The molecule has 2 rings (SSSR count). The van der Waals surface area contributed by atoms with Gasteiger partial charge in [0.2, 0.25) is 0 Å². The lowest BCUT2D eigenvalue weighted by Gasteiger charge is -2.08. The van der Waals surface area contributed by atoms with Crippen LogP contribution >= 0.6 is 15.9 Å². The third-order valence-corrected chi connectivity index (χ3v) is 3.66. The van der Waals surface area contributed by atoms with Crippen LogP contribution in [-0.2, 0) is 16.1 Å². The molecule has 0 unspecified atom stereocenters. The molecule has 0 saturated heterocycles. The van der Waals surface area contributed by atoms with Crippen LogP contribution in [0.2, 0.25) is 0 Å². The maximum atomic E-state index is 12.0. The third-order valence-electron chi connectivity index (χ3n) is 3.13. The van der Waals surface area contributed by atoms with Gasteiger partial charge in [0.15, 0.2) is 0 Å². The normalized spacial score (nSPS) is 10.1. The zero-order chi connectivity index (χ0) is 17.4. The predicted octanol–water partition coefficient (Wildman–Crippen LogP) is 3.32. The number of ether oxygens (including phenoxy) is 2. The minimum Gasteiger partial charge on any atom is -0.494 e. The van der Waals surface area contributed by atoms with Crippen LogP contribution in [0.5, 0.6) is 5.75 Å². The van der Waals surface area contributed by atoms with E-state index in [-0.39, 0.29) is 19.1 Å². The Balaban J connectivity index is 1.76. The summed E-state index contributed by atoms with van der Waals surface area (Å²) in [5, 5.41) is 2.53. The van der Waals surface area contributed by atoms with Crippen molar-refractivity contribution in [2.75, 3.05) is 13.2 Å². The number of amides is 1. The molecular formula is C18H18BrNO4. The lowest BCUT2D eigenvalue weighted by molar-refractivity contribution is -0.143. The van der Waals surface area contributed by atoms with Crippen molar-refractivity contribution in [1.82, 2.24) is 5.32 Å². The zero-order valence-corrected chi connectivity index (χ0v) is 14.8. The van der Waals surface area contributed by atoms with Gasteiger partial charge in [-0.15, -0.1) is 0 Å². The number of halogens is 1. The Labute approximate surface area is 149 Å². The number of nitrogens with one attached hydrogen (secondary N) is 1. The van der Waals surface area contributed by atoms with Crippen LogP contribution in [-0.4, -0.2) is 25.0 Å². The van der Waals surface area contributed by atoms with Crippen LogP contribution in [0.4, 0.5) is 0 Å². The van der Waals surface area contributed by atoms with Gasteiger partial charge in [0.25, 0.3) is 5.91 Å². The third kappa shape index (κ3) is 5.70. The van der Waals surface area contributed by atoms with E-state index in [1.54, 1.807) is 24.3 Å². The molecule has 5 nitrogen and oxygen atoms in total. The van der Waals surface area contributed by atoms with E-state index in [4.69, 9.17) is 9.47 Å². The Morgan fingerprint density at radius 2 is 1.71 bits per heavy atom. The van der Waals surface area contributed by atoms with Gasteiger partial charge >= 0.3 is 5.97 Å². The van der Waals surface area contributed by atoms with Gasteiger partial charge in [0.1, 0.15) is 18.9 Å². The van der Waals surface area contributed by atoms with Crippen LogP contribution in [0.25, 0.3) is 0 Å². The second-order valence-corrected chi connectivity index (χ2v) is 5.84. The van der Waals surface area contributed by atoms with Crippen molar-refractivity contribution < 1.29 is 19.1 Å². The molecule has 0 atom stereocenters. The highest BCUT2D eigenvalue weighted by Gasteiger charge is 2.09. The quantitative estimate of drug-likeness (QED) is 0.735. The van der Waals surface area contributed by atoms with Crippen molar-refractivity contribution in [3.05, 3.63) is 64.1 Å². The van der Waals surface area contributed by atoms with Gasteiger partial charge in [-0.25, -0.2) is 0 Å². The minimum atomic E-state index is -0.489. The van der Waals surface area contributed by atoms with Crippen LogP contribution < -0.4 is 10.1 Å². The number of rotatable bonds is 7. The summed E-state index contributed by atoms with van der Waals surface area (Å²) >= 11 is 3.34. The average molecular weight is 392 g/mol. The zero-order valence-electron chi connectivity index (χ0n) is 13.3. The smallest absolute Gasteiger partial charge is 0.325 e.